The molecule has 11 heteroatoms. The number of thioether (sulfide) groups is 1. The van der Waals surface area contributed by atoms with Crippen molar-refractivity contribution >= 4 is 29.6 Å². The lowest BCUT2D eigenvalue weighted by Gasteiger charge is -2.16. The maximum absolute atomic E-state index is 12.1. The number of hydrogen-bond acceptors (Lipinski definition) is 7. The van der Waals surface area contributed by atoms with Crippen LogP contribution in [0.2, 0.25) is 0 Å². The normalized spacial score (nSPS) is 19.5. The predicted octanol–water partition coefficient (Wildman–Crippen LogP) is 1.17. The molecular weight excluding hydrogens is 494 g/mol. The minimum Gasteiger partial charge on any atom is -0.377 e. The van der Waals surface area contributed by atoms with Crippen molar-refractivity contribution in [1.29, 1.82) is 5.26 Å². The van der Waals surface area contributed by atoms with Gasteiger partial charge >= 0.3 is 6.03 Å². The van der Waals surface area contributed by atoms with Gasteiger partial charge in [-0.15, -0.1) is 0 Å². The van der Waals surface area contributed by atoms with E-state index in [9.17, 15) is 14.4 Å². The van der Waals surface area contributed by atoms with Gasteiger partial charge in [-0.1, -0.05) is 12.3 Å². The van der Waals surface area contributed by atoms with Gasteiger partial charge in [0, 0.05) is 47.6 Å². The van der Waals surface area contributed by atoms with Crippen molar-refractivity contribution in [2.24, 2.45) is 0 Å². The molecule has 1 aromatic carbocycles. The Kier molecular flexibility index (Phi) is 12.1. The lowest BCUT2D eigenvalue weighted by atomic mass is 10.0. The van der Waals surface area contributed by atoms with Gasteiger partial charge in [0.05, 0.1) is 38.5 Å². The number of urea groups is 1. The smallest absolute Gasteiger partial charge is 0.315 e. The number of fused-ring (bicyclic) bond motifs is 1. The van der Waals surface area contributed by atoms with Gasteiger partial charge in [-0.05, 0) is 37.1 Å². The molecule has 198 valence electrons. The number of nitrogens with zero attached hydrogens (tertiary/aromatic N) is 1. The molecular formula is C26H33N5O5S. The van der Waals surface area contributed by atoms with Crippen LogP contribution in [0.1, 0.15) is 41.6 Å². The van der Waals surface area contributed by atoms with Gasteiger partial charge in [0.15, 0.2) is 6.07 Å². The number of rotatable bonds is 15. The van der Waals surface area contributed by atoms with E-state index in [0.717, 1.165) is 25.0 Å². The molecule has 1 aromatic rings. The third-order valence-electron chi connectivity index (χ3n) is 5.96. The highest BCUT2D eigenvalue weighted by Gasteiger charge is 2.42. The third kappa shape index (κ3) is 9.96. The Morgan fingerprint density at radius 1 is 1.03 bits per heavy atom. The zero-order valence-corrected chi connectivity index (χ0v) is 21.5. The molecule has 37 heavy (non-hydrogen) atoms. The maximum atomic E-state index is 12.1. The van der Waals surface area contributed by atoms with E-state index in [1.165, 1.54) is 0 Å². The minimum absolute atomic E-state index is 0.0214. The van der Waals surface area contributed by atoms with Crippen molar-refractivity contribution in [3.63, 3.8) is 0 Å². The highest BCUT2D eigenvalue weighted by atomic mass is 32.2. The first-order chi connectivity index (χ1) is 18.1. The molecule has 3 rings (SSSR count). The molecule has 2 saturated heterocycles. The zero-order chi connectivity index (χ0) is 26.3. The monoisotopic (exact) mass is 527 g/mol. The van der Waals surface area contributed by atoms with Crippen LogP contribution in [0.5, 0.6) is 0 Å². The summed E-state index contributed by atoms with van der Waals surface area (Å²) in [4.78, 5) is 35.5. The van der Waals surface area contributed by atoms with E-state index in [1.54, 1.807) is 30.3 Å². The molecule has 10 nitrogen and oxygen atoms in total. The van der Waals surface area contributed by atoms with E-state index in [-0.39, 0.29) is 29.9 Å². The van der Waals surface area contributed by atoms with Crippen molar-refractivity contribution in [3.8, 4) is 17.9 Å². The number of nitriles is 1. The van der Waals surface area contributed by atoms with Gasteiger partial charge in [-0.25, -0.2) is 4.79 Å². The maximum Gasteiger partial charge on any atom is 0.315 e. The number of hydrogen-bond donors (Lipinski definition) is 4. The van der Waals surface area contributed by atoms with Crippen LogP contribution < -0.4 is 21.3 Å². The summed E-state index contributed by atoms with van der Waals surface area (Å²) in [6, 6.07) is 8.83. The Bertz CT molecular complexity index is 1020. The fourth-order valence-electron chi connectivity index (χ4n) is 4.09. The number of nitrogens with one attached hydrogen (secondary N) is 4. The van der Waals surface area contributed by atoms with Gasteiger partial charge < -0.3 is 30.7 Å². The molecule has 2 fully saturated rings. The Balaban J connectivity index is 1.10. The summed E-state index contributed by atoms with van der Waals surface area (Å²) in [5.41, 5.74) is 1.18. The first-order valence-corrected chi connectivity index (χ1v) is 13.5. The van der Waals surface area contributed by atoms with E-state index in [1.807, 2.05) is 11.8 Å². The van der Waals surface area contributed by atoms with Crippen LogP contribution in [0.25, 0.3) is 0 Å². The van der Waals surface area contributed by atoms with Crippen LogP contribution in [0.3, 0.4) is 0 Å². The van der Waals surface area contributed by atoms with E-state index in [0.29, 0.717) is 62.3 Å². The Hall–Kier alpha value is -3.25. The lowest BCUT2D eigenvalue weighted by Crippen LogP contribution is -2.36. The van der Waals surface area contributed by atoms with Crippen molar-refractivity contribution < 1.29 is 23.9 Å². The molecule has 0 radical (unpaired) electrons. The van der Waals surface area contributed by atoms with E-state index < -0.39 is 0 Å². The van der Waals surface area contributed by atoms with Crippen LogP contribution in [0.4, 0.5) is 4.79 Å². The largest absolute Gasteiger partial charge is 0.377 e. The molecule has 0 aromatic heterocycles. The summed E-state index contributed by atoms with van der Waals surface area (Å²) in [5.74, 6) is 5.74. The van der Waals surface area contributed by atoms with Crippen LogP contribution in [0, 0.1) is 23.2 Å². The average Bonchev–Trinajstić information content (AvgIpc) is 3.45. The first kappa shape index (κ1) is 28.3. The first-order valence-electron chi connectivity index (χ1n) is 12.5. The molecule has 2 aliphatic rings. The topological polar surface area (TPSA) is 142 Å². The van der Waals surface area contributed by atoms with Gasteiger partial charge in [-0.2, -0.15) is 17.0 Å². The number of benzene rings is 1. The van der Waals surface area contributed by atoms with Crippen molar-refractivity contribution in [1.82, 2.24) is 21.3 Å². The zero-order valence-electron chi connectivity index (χ0n) is 20.7. The average molecular weight is 528 g/mol. The molecule has 3 atom stereocenters. The van der Waals surface area contributed by atoms with Crippen LogP contribution in [-0.4, -0.2) is 80.4 Å². The van der Waals surface area contributed by atoms with E-state index in [2.05, 4.69) is 33.1 Å². The summed E-state index contributed by atoms with van der Waals surface area (Å²) >= 11 is 1.89. The Morgan fingerprint density at radius 2 is 1.76 bits per heavy atom. The van der Waals surface area contributed by atoms with E-state index >= 15 is 0 Å². The number of unbranched alkanes of at least 4 members (excludes halogenated alkanes) is 1. The number of carbonyl (C=O) groups is 3. The molecule has 0 spiro atoms. The second-order valence-electron chi connectivity index (χ2n) is 8.64. The minimum atomic E-state index is -0.207. The summed E-state index contributed by atoms with van der Waals surface area (Å²) < 4.78 is 10.9. The van der Waals surface area contributed by atoms with E-state index in [4.69, 9.17) is 14.7 Å². The standard InChI is InChI=1S/C26H33N5O5S/c27-11-3-4-19-7-9-20(10-8-19)25(33)29-13-15-36-17-16-35-14-12-28-23(32)6-2-1-5-22-24-21(18-37-22)30-26(34)31-24/h7-10,21-22,24H,1-2,5-6,12-18H2,(H,28,32)(H,29,33)(H2,30,31,34)/t21-,22-,24-/m0/s1. The van der Waals surface area contributed by atoms with Crippen molar-refractivity contribution in [2.75, 3.05) is 45.3 Å². The highest BCUT2D eigenvalue weighted by molar-refractivity contribution is 8.00. The molecule has 4 amide bonds. The second-order valence-corrected chi connectivity index (χ2v) is 9.91. The lowest BCUT2D eigenvalue weighted by molar-refractivity contribution is -0.121. The second kappa shape index (κ2) is 15.8. The summed E-state index contributed by atoms with van der Waals surface area (Å²) in [6.07, 6.45) is 3.28. The third-order valence-corrected chi connectivity index (χ3v) is 7.47. The Labute approximate surface area is 221 Å². The Morgan fingerprint density at radius 3 is 2.49 bits per heavy atom. The van der Waals surface area contributed by atoms with Gasteiger partial charge in [0.1, 0.15) is 0 Å². The summed E-state index contributed by atoms with van der Waals surface area (Å²) in [6.45, 7) is 2.40. The van der Waals surface area contributed by atoms with Gasteiger partial charge in [-0.3, -0.25) is 9.59 Å². The SMILES string of the molecule is N#CC#Cc1ccc(C(=O)NCCOCCOCCNC(=O)CCCC[C@@H]2SC[C@@H]3NC(=O)N[C@@H]32)cc1. The predicted molar refractivity (Wildman–Crippen MR) is 140 cm³/mol. The molecule has 0 unspecified atom stereocenters. The fourth-order valence-corrected chi connectivity index (χ4v) is 5.63. The van der Waals surface area contributed by atoms with Crippen LogP contribution in [-0.2, 0) is 14.3 Å². The van der Waals surface area contributed by atoms with Gasteiger partial charge in [0.2, 0.25) is 5.91 Å². The molecule has 2 aliphatic heterocycles. The molecule has 0 saturated carbocycles. The summed E-state index contributed by atoms with van der Waals surface area (Å²) in [5, 5.41) is 20.4. The van der Waals surface area contributed by atoms with Gasteiger partial charge in [0.25, 0.3) is 5.91 Å². The molecule has 0 aliphatic carbocycles. The molecule has 2 heterocycles. The van der Waals surface area contributed by atoms with Crippen molar-refractivity contribution in [2.45, 2.75) is 43.0 Å². The van der Waals surface area contributed by atoms with Crippen LogP contribution in [0.15, 0.2) is 24.3 Å². The number of amides is 4. The number of carbonyl (C=O) groups excluding carboxylic acids is 3. The number of ether oxygens (including phenoxy) is 2. The quantitative estimate of drug-likeness (QED) is 0.152. The molecule has 0 bridgehead atoms. The van der Waals surface area contributed by atoms with Crippen LogP contribution >= 0.6 is 11.8 Å². The summed E-state index contributed by atoms with van der Waals surface area (Å²) in [7, 11) is 0. The fraction of sp³-hybridized carbons (Fsp3) is 0.538. The highest BCUT2D eigenvalue weighted by Crippen LogP contribution is 2.33. The van der Waals surface area contributed by atoms with Crippen molar-refractivity contribution in [3.05, 3.63) is 35.4 Å². The molecule has 4 N–H and O–H groups in total.